The molecule has 0 aliphatic carbocycles. The van der Waals surface area contributed by atoms with Gasteiger partial charge in [-0.25, -0.2) is 0 Å². The molecule has 0 radical (unpaired) electrons. The zero-order valence-corrected chi connectivity index (χ0v) is 11.4. The van der Waals surface area contributed by atoms with Gasteiger partial charge in [0.05, 0.1) is 19.3 Å². The van der Waals surface area contributed by atoms with Crippen molar-refractivity contribution in [2.45, 2.75) is 24.5 Å². The number of nitrogens with zero attached hydrogens (tertiary/aromatic N) is 1. The summed E-state index contributed by atoms with van der Waals surface area (Å²) in [6.45, 7) is 4.26. The maximum atomic E-state index is 6.29. The van der Waals surface area contributed by atoms with E-state index in [2.05, 4.69) is 36.1 Å². The first-order valence-electron chi connectivity index (χ1n) is 6.92. The van der Waals surface area contributed by atoms with Crippen LogP contribution in [0.15, 0.2) is 36.4 Å². The highest BCUT2D eigenvalue weighted by Gasteiger charge is 2.59. The Balaban J connectivity index is 1.58. The Labute approximate surface area is 113 Å². The smallest absolute Gasteiger partial charge is 0.119 e. The molecule has 0 saturated carbocycles. The molecule has 3 aliphatic rings. The maximum Gasteiger partial charge on any atom is 0.119 e. The number of ether oxygens (including phenoxy) is 2. The molecular weight excluding hydrogens is 238 g/mol. The quantitative estimate of drug-likeness (QED) is 0.760. The lowest BCUT2D eigenvalue weighted by Crippen LogP contribution is -2.33. The lowest BCUT2D eigenvalue weighted by Gasteiger charge is -2.25. The summed E-state index contributed by atoms with van der Waals surface area (Å²) in [4.78, 5) is 2.43. The predicted molar refractivity (Wildman–Crippen MR) is 74.7 cm³/mol. The van der Waals surface area contributed by atoms with Crippen molar-refractivity contribution in [3.05, 3.63) is 36.4 Å². The van der Waals surface area contributed by atoms with E-state index in [0.29, 0.717) is 5.92 Å². The first-order valence-corrected chi connectivity index (χ1v) is 6.92. The number of rotatable bonds is 2. The van der Waals surface area contributed by atoms with E-state index >= 15 is 0 Å². The van der Waals surface area contributed by atoms with Crippen LogP contribution in [0.2, 0.25) is 0 Å². The fourth-order valence-corrected chi connectivity index (χ4v) is 3.86. The Morgan fingerprint density at radius 1 is 1.26 bits per heavy atom. The first kappa shape index (κ1) is 11.4. The Bertz CT molecular complexity index is 538. The number of anilines is 1. The van der Waals surface area contributed by atoms with Gasteiger partial charge < -0.3 is 14.4 Å². The molecule has 3 heterocycles. The summed E-state index contributed by atoms with van der Waals surface area (Å²) >= 11 is 0. The van der Waals surface area contributed by atoms with E-state index in [4.69, 9.17) is 9.47 Å². The first-order chi connectivity index (χ1) is 9.12. The molecule has 1 aromatic rings. The lowest BCUT2D eigenvalue weighted by atomic mass is 9.82. The summed E-state index contributed by atoms with van der Waals surface area (Å²) in [6.07, 6.45) is 5.70. The van der Waals surface area contributed by atoms with E-state index in [9.17, 15) is 0 Å². The van der Waals surface area contributed by atoms with Crippen molar-refractivity contribution in [2.24, 2.45) is 5.92 Å². The van der Waals surface area contributed by atoms with E-state index in [1.807, 2.05) is 12.1 Å². The minimum Gasteiger partial charge on any atom is -0.497 e. The number of hydrogen-bond donors (Lipinski definition) is 0. The van der Waals surface area contributed by atoms with Crippen molar-refractivity contribution in [3.63, 3.8) is 0 Å². The zero-order valence-electron chi connectivity index (χ0n) is 11.4. The van der Waals surface area contributed by atoms with Crippen LogP contribution in [0.3, 0.4) is 0 Å². The predicted octanol–water partition coefficient (Wildman–Crippen LogP) is 2.62. The van der Waals surface area contributed by atoms with Crippen LogP contribution >= 0.6 is 0 Å². The molecule has 3 nitrogen and oxygen atoms in total. The summed E-state index contributed by atoms with van der Waals surface area (Å²) in [6, 6.07) is 8.32. The molecule has 19 heavy (non-hydrogen) atoms. The van der Waals surface area contributed by atoms with Crippen molar-refractivity contribution in [1.82, 2.24) is 0 Å². The van der Waals surface area contributed by atoms with Gasteiger partial charge in [0.1, 0.15) is 11.4 Å². The molecule has 0 aromatic heterocycles. The molecule has 3 heteroatoms. The van der Waals surface area contributed by atoms with Gasteiger partial charge in [-0.2, -0.15) is 0 Å². The summed E-state index contributed by atoms with van der Waals surface area (Å²) in [5.74, 6) is 1.54. The molecule has 3 aliphatic heterocycles. The maximum absolute atomic E-state index is 6.29. The molecular formula is C16H19NO2. The standard InChI is InChI=1S/C16H19NO2/c1-15-7-8-16(19-15)11-17(10-12(16)9-15)13-3-5-14(18-2)6-4-13/h3-8,12H,9-11H2,1-2H3. The monoisotopic (exact) mass is 257 g/mol. The number of fused-ring (bicyclic) bond motifs is 1. The second-order valence-corrected chi connectivity index (χ2v) is 6.18. The van der Waals surface area contributed by atoms with Gasteiger partial charge >= 0.3 is 0 Å². The molecule has 0 N–H and O–H groups in total. The fraction of sp³-hybridized carbons (Fsp3) is 0.500. The second-order valence-electron chi connectivity index (χ2n) is 6.18. The number of hydrogen-bond acceptors (Lipinski definition) is 3. The van der Waals surface area contributed by atoms with Gasteiger partial charge in [-0.05, 0) is 37.6 Å². The highest BCUT2D eigenvalue weighted by molar-refractivity contribution is 5.52. The molecule has 100 valence electrons. The Kier molecular flexibility index (Phi) is 2.12. The van der Waals surface area contributed by atoms with Crippen molar-refractivity contribution in [1.29, 1.82) is 0 Å². The largest absolute Gasteiger partial charge is 0.497 e. The molecule has 2 fully saturated rings. The molecule has 0 amide bonds. The molecule has 3 atom stereocenters. The summed E-state index contributed by atoms with van der Waals surface area (Å²) < 4.78 is 11.5. The third-order valence-corrected chi connectivity index (χ3v) is 4.80. The summed E-state index contributed by atoms with van der Waals surface area (Å²) in [7, 11) is 1.70. The summed E-state index contributed by atoms with van der Waals surface area (Å²) in [5.41, 5.74) is 1.22. The number of methoxy groups -OCH3 is 1. The van der Waals surface area contributed by atoms with Gasteiger partial charge in [-0.1, -0.05) is 12.2 Å². The Hall–Kier alpha value is -1.48. The van der Waals surface area contributed by atoms with Crippen LogP contribution in [0.25, 0.3) is 0 Å². The normalized spacial score (nSPS) is 38.8. The second kappa shape index (κ2) is 3.54. The van der Waals surface area contributed by atoms with Gasteiger partial charge in [0.25, 0.3) is 0 Å². The van der Waals surface area contributed by atoms with E-state index in [1.54, 1.807) is 7.11 Å². The van der Waals surface area contributed by atoms with Crippen LogP contribution in [0.5, 0.6) is 5.75 Å². The van der Waals surface area contributed by atoms with Crippen LogP contribution in [0.4, 0.5) is 5.69 Å². The Morgan fingerprint density at radius 3 is 2.68 bits per heavy atom. The highest BCUT2D eigenvalue weighted by Crippen LogP contribution is 2.53. The van der Waals surface area contributed by atoms with Gasteiger partial charge in [0, 0.05) is 18.2 Å². The average Bonchev–Trinajstić information content (AvgIpc) is 3.01. The molecule has 2 bridgehead atoms. The van der Waals surface area contributed by atoms with Crippen LogP contribution in [-0.2, 0) is 4.74 Å². The van der Waals surface area contributed by atoms with Gasteiger partial charge in [-0.3, -0.25) is 0 Å². The van der Waals surface area contributed by atoms with E-state index in [1.165, 1.54) is 5.69 Å². The van der Waals surface area contributed by atoms with Crippen LogP contribution < -0.4 is 9.64 Å². The van der Waals surface area contributed by atoms with Gasteiger partial charge in [0.15, 0.2) is 0 Å². The SMILES string of the molecule is COc1ccc(N2CC3CC4(C)C=CC3(C2)O4)cc1. The molecule has 4 rings (SSSR count). The third-order valence-electron chi connectivity index (χ3n) is 4.80. The van der Waals surface area contributed by atoms with Crippen molar-refractivity contribution in [2.75, 3.05) is 25.1 Å². The molecule has 1 aromatic carbocycles. The van der Waals surface area contributed by atoms with Crippen molar-refractivity contribution < 1.29 is 9.47 Å². The van der Waals surface area contributed by atoms with Gasteiger partial charge in [0.2, 0.25) is 0 Å². The van der Waals surface area contributed by atoms with Crippen LogP contribution in [0.1, 0.15) is 13.3 Å². The summed E-state index contributed by atoms with van der Waals surface area (Å²) in [5, 5.41) is 0. The topological polar surface area (TPSA) is 21.7 Å². The minimum atomic E-state index is -0.0331. The zero-order chi connectivity index (χ0) is 13.1. The van der Waals surface area contributed by atoms with E-state index in [0.717, 1.165) is 25.3 Å². The lowest BCUT2D eigenvalue weighted by molar-refractivity contribution is -0.0172. The minimum absolute atomic E-state index is 0.00331. The Morgan fingerprint density at radius 2 is 2.05 bits per heavy atom. The molecule has 3 unspecified atom stereocenters. The highest BCUT2D eigenvalue weighted by atomic mass is 16.5. The van der Waals surface area contributed by atoms with Crippen LogP contribution in [-0.4, -0.2) is 31.4 Å². The molecule has 2 saturated heterocycles. The van der Waals surface area contributed by atoms with Crippen LogP contribution in [0, 0.1) is 5.92 Å². The molecule has 1 spiro atoms. The average molecular weight is 257 g/mol. The third kappa shape index (κ3) is 1.54. The van der Waals surface area contributed by atoms with Crippen molar-refractivity contribution in [3.8, 4) is 5.75 Å². The van der Waals surface area contributed by atoms with Crippen molar-refractivity contribution >= 4 is 5.69 Å². The fourth-order valence-electron chi connectivity index (χ4n) is 3.86. The van der Waals surface area contributed by atoms with E-state index in [-0.39, 0.29) is 11.2 Å². The van der Waals surface area contributed by atoms with Gasteiger partial charge in [-0.15, -0.1) is 0 Å². The number of benzene rings is 1. The van der Waals surface area contributed by atoms with E-state index < -0.39 is 0 Å².